The van der Waals surface area contributed by atoms with Gasteiger partial charge in [0.15, 0.2) is 16.4 Å². The lowest BCUT2D eigenvalue weighted by Gasteiger charge is -2.41. The number of Topliss-reactive ketones (excluding diaryl/α,β-unsaturated/α-hetero) is 1. The maximum Gasteiger partial charge on any atom is 0.321 e. The predicted molar refractivity (Wildman–Crippen MR) is 84.8 cm³/mol. The van der Waals surface area contributed by atoms with Gasteiger partial charge in [0, 0.05) is 20.5 Å². The summed E-state index contributed by atoms with van der Waals surface area (Å²) in [6.07, 6.45) is 0.862. The van der Waals surface area contributed by atoms with Gasteiger partial charge in [-0.15, -0.1) is 0 Å². The van der Waals surface area contributed by atoms with Crippen LogP contribution in [0.5, 0.6) is 0 Å². The second kappa shape index (κ2) is 5.19. The van der Waals surface area contributed by atoms with E-state index in [0.717, 1.165) is 0 Å². The SMILES string of the molecule is CCCC(=O)CC(=O)N1C(=S)N(C)[C@@]2(C)N(C)C(=O)N[C@@]12C. The smallest absolute Gasteiger partial charge is 0.321 e. The van der Waals surface area contributed by atoms with Crippen molar-refractivity contribution in [1.82, 2.24) is 20.0 Å². The molecule has 0 aromatic heterocycles. The summed E-state index contributed by atoms with van der Waals surface area (Å²) in [7, 11) is 3.41. The van der Waals surface area contributed by atoms with Gasteiger partial charge in [-0.2, -0.15) is 0 Å². The van der Waals surface area contributed by atoms with Crippen LogP contribution in [0.3, 0.4) is 0 Å². The summed E-state index contributed by atoms with van der Waals surface area (Å²) < 4.78 is 0. The Hall–Kier alpha value is -1.70. The van der Waals surface area contributed by atoms with Crippen molar-refractivity contribution in [2.75, 3.05) is 14.1 Å². The van der Waals surface area contributed by atoms with Gasteiger partial charge in [-0.25, -0.2) is 4.79 Å². The number of thiocarbonyl (C=S) groups is 1. The third-order valence-electron chi connectivity index (χ3n) is 4.94. The average Bonchev–Trinajstić information content (AvgIpc) is 2.68. The van der Waals surface area contributed by atoms with E-state index in [-0.39, 0.29) is 24.1 Å². The van der Waals surface area contributed by atoms with E-state index in [1.54, 1.807) is 25.9 Å². The van der Waals surface area contributed by atoms with Crippen LogP contribution in [0, 0.1) is 0 Å². The van der Waals surface area contributed by atoms with E-state index >= 15 is 0 Å². The fourth-order valence-electron chi connectivity index (χ4n) is 3.25. The Bertz CT molecular complexity index is 566. The van der Waals surface area contributed by atoms with E-state index in [1.807, 2.05) is 13.8 Å². The van der Waals surface area contributed by atoms with Crippen LogP contribution in [-0.2, 0) is 9.59 Å². The Labute approximate surface area is 135 Å². The highest BCUT2D eigenvalue weighted by Gasteiger charge is 2.69. The van der Waals surface area contributed by atoms with Crippen LogP contribution >= 0.6 is 12.2 Å². The van der Waals surface area contributed by atoms with E-state index in [0.29, 0.717) is 18.0 Å². The Morgan fingerprint density at radius 3 is 2.36 bits per heavy atom. The fourth-order valence-corrected chi connectivity index (χ4v) is 3.71. The van der Waals surface area contributed by atoms with Crippen molar-refractivity contribution >= 4 is 35.1 Å². The van der Waals surface area contributed by atoms with Crippen LogP contribution in [0.25, 0.3) is 0 Å². The second-order valence-electron chi connectivity index (χ2n) is 6.12. The first-order valence-electron chi connectivity index (χ1n) is 7.29. The summed E-state index contributed by atoms with van der Waals surface area (Å²) in [5.41, 5.74) is -1.81. The first-order valence-corrected chi connectivity index (χ1v) is 7.70. The molecule has 0 aliphatic carbocycles. The monoisotopic (exact) mass is 326 g/mol. The maximum absolute atomic E-state index is 12.6. The molecule has 2 saturated heterocycles. The molecule has 0 aromatic carbocycles. The minimum Gasteiger partial charge on any atom is -0.325 e. The van der Waals surface area contributed by atoms with E-state index in [9.17, 15) is 14.4 Å². The number of hydrogen-bond donors (Lipinski definition) is 1. The van der Waals surface area contributed by atoms with Crippen LogP contribution in [0.1, 0.15) is 40.0 Å². The lowest BCUT2D eigenvalue weighted by Crippen LogP contribution is -2.64. The third-order valence-corrected chi connectivity index (χ3v) is 5.39. The second-order valence-corrected chi connectivity index (χ2v) is 6.48. The number of amides is 3. The molecule has 1 N–H and O–H groups in total. The minimum atomic E-state index is -1.01. The van der Waals surface area contributed by atoms with Crippen LogP contribution in [0.4, 0.5) is 4.79 Å². The molecule has 7 nitrogen and oxygen atoms in total. The molecule has 2 aliphatic rings. The predicted octanol–water partition coefficient (Wildman–Crippen LogP) is 0.892. The minimum absolute atomic E-state index is 0.118. The third kappa shape index (κ3) is 1.93. The van der Waals surface area contributed by atoms with E-state index < -0.39 is 11.3 Å². The number of likely N-dealkylation sites (N-methyl/N-ethyl adjacent to an activating group) is 2. The van der Waals surface area contributed by atoms with E-state index in [2.05, 4.69) is 5.32 Å². The molecule has 0 radical (unpaired) electrons. The Morgan fingerprint density at radius 1 is 1.23 bits per heavy atom. The van der Waals surface area contributed by atoms with Crippen molar-refractivity contribution in [3.05, 3.63) is 0 Å². The number of carbonyl (C=O) groups is 3. The average molecular weight is 326 g/mol. The van der Waals surface area contributed by atoms with E-state index in [4.69, 9.17) is 12.2 Å². The number of ketones is 1. The van der Waals surface area contributed by atoms with Crippen LogP contribution in [-0.4, -0.2) is 63.0 Å². The van der Waals surface area contributed by atoms with Gasteiger partial charge < -0.3 is 15.1 Å². The standard InChI is InChI=1S/C14H22N4O3S/c1-6-7-9(19)8-10(20)18-12(22)17(5)14(3)13(18,2)15-11(21)16(14)4/h6-8H2,1-5H3,(H,15,21)/t13-,14+/m0/s1. The summed E-state index contributed by atoms with van der Waals surface area (Å²) in [6, 6.07) is -0.281. The van der Waals surface area contributed by atoms with Crippen molar-refractivity contribution in [3.8, 4) is 0 Å². The van der Waals surface area contributed by atoms with Crippen molar-refractivity contribution in [1.29, 1.82) is 0 Å². The summed E-state index contributed by atoms with van der Waals surface area (Å²) in [4.78, 5) is 41.1. The number of carbonyl (C=O) groups excluding carboxylic acids is 3. The molecular weight excluding hydrogens is 304 g/mol. The summed E-state index contributed by atoms with van der Waals surface area (Å²) in [6.45, 7) is 5.49. The number of fused-ring (bicyclic) bond motifs is 1. The zero-order valence-corrected chi connectivity index (χ0v) is 14.4. The lowest BCUT2D eigenvalue weighted by atomic mass is 9.96. The van der Waals surface area contributed by atoms with Gasteiger partial charge in [-0.3, -0.25) is 14.5 Å². The highest BCUT2D eigenvalue weighted by Crippen LogP contribution is 2.44. The van der Waals surface area contributed by atoms with Gasteiger partial charge >= 0.3 is 6.03 Å². The van der Waals surface area contributed by atoms with Crippen molar-refractivity contribution in [2.24, 2.45) is 0 Å². The molecule has 0 aromatic rings. The van der Waals surface area contributed by atoms with Crippen molar-refractivity contribution < 1.29 is 14.4 Å². The van der Waals surface area contributed by atoms with Gasteiger partial charge in [0.25, 0.3) is 0 Å². The largest absolute Gasteiger partial charge is 0.325 e. The number of rotatable bonds is 4. The molecular formula is C14H22N4O3S. The number of hydrogen-bond acceptors (Lipinski definition) is 4. The molecule has 0 unspecified atom stereocenters. The summed E-state index contributed by atoms with van der Waals surface area (Å²) >= 11 is 5.39. The highest BCUT2D eigenvalue weighted by atomic mass is 32.1. The van der Waals surface area contributed by atoms with Gasteiger partial charge in [0.2, 0.25) is 5.91 Å². The Balaban J connectivity index is 2.37. The molecule has 0 spiro atoms. The Kier molecular flexibility index (Phi) is 3.93. The number of nitrogens with zero attached hydrogens (tertiary/aromatic N) is 3. The Morgan fingerprint density at radius 2 is 1.82 bits per heavy atom. The molecule has 2 fully saturated rings. The first kappa shape index (κ1) is 16.7. The van der Waals surface area contributed by atoms with Crippen molar-refractivity contribution in [2.45, 2.75) is 51.4 Å². The van der Waals surface area contributed by atoms with E-state index in [1.165, 1.54) is 9.80 Å². The van der Waals surface area contributed by atoms with Gasteiger partial charge in [0.05, 0.1) is 6.42 Å². The summed E-state index contributed by atoms with van der Waals surface area (Å²) in [5, 5.41) is 3.14. The molecule has 2 rings (SSSR count). The quantitative estimate of drug-likeness (QED) is 0.614. The lowest BCUT2D eigenvalue weighted by molar-refractivity contribution is -0.136. The van der Waals surface area contributed by atoms with Crippen molar-refractivity contribution in [3.63, 3.8) is 0 Å². The van der Waals surface area contributed by atoms with Gasteiger partial charge in [-0.1, -0.05) is 6.92 Å². The molecule has 122 valence electrons. The number of nitrogens with one attached hydrogen (secondary N) is 1. The van der Waals surface area contributed by atoms with Gasteiger partial charge in [-0.05, 0) is 32.5 Å². The van der Waals surface area contributed by atoms with Crippen LogP contribution < -0.4 is 5.32 Å². The van der Waals surface area contributed by atoms with Crippen LogP contribution in [0.15, 0.2) is 0 Å². The topological polar surface area (TPSA) is 73.0 Å². The highest BCUT2D eigenvalue weighted by molar-refractivity contribution is 7.80. The fraction of sp³-hybridized carbons (Fsp3) is 0.714. The first-order chi connectivity index (χ1) is 10.1. The molecule has 0 saturated carbocycles. The molecule has 22 heavy (non-hydrogen) atoms. The van der Waals surface area contributed by atoms with Crippen LogP contribution in [0.2, 0.25) is 0 Å². The number of urea groups is 1. The molecule has 8 heteroatoms. The zero-order chi connectivity index (χ0) is 16.9. The maximum atomic E-state index is 12.6. The molecule has 2 atom stereocenters. The zero-order valence-electron chi connectivity index (χ0n) is 13.6. The molecule has 0 bridgehead atoms. The molecule has 2 aliphatic heterocycles. The molecule has 2 heterocycles. The molecule has 3 amide bonds. The summed E-state index contributed by atoms with van der Waals surface area (Å²) in [5.74, 6) is -0.495. The normalized spacial score (nSPS) is 30.7. The van der Waals surface area contributed by atoms with Gasteiger partial charge in [0.1, 0.15) is 5.78 Å².